The lowest BCUT2D eigenvalue weighted by Gasteiger charge is -2.19. The Kier molecular flexibility index (Phi) is 5.95. The minimum absolute atomic E-state index is 0.0158. The van der Waals surface area contributed by atoms with E-state index < -0.39 is 0 Å². The molecule has 0 aliphatic heterocycles. The van der Waals surface area contributed by atoms with Crippen molar-refractivity contribution in [1.82, 2.24) is 4.98 Å². The average Bonchev–Trinajstić information content (AvgIpc) is 3.42. The largest absolute Gasteiger partial charge is 0.497 e. The molecule has 0 aliphatic carbocycles. The highest BCUT2D eigenvalue weighted by molar-refractivity contribution is 7.14. The molecule has 6 heteroatoms. The number of anilines is 2. The molecule has 0 aliphatic rings. The third kappa shape index (κ3) is 4.44. The van der Waals surface area contributed by atoms with Gasteiger partial charge in [0.1, 0.15) is 17.3 Å². The van der Waals surface area contributed by atoms with E-state index in [4.69, 9.17) is 9.15 Å². The van der Waals surface area contributed by atoms with Crippen molar-refractivity contribution < 1.29 is 13.9 Å². The van der Waals surface area contributed by atoms with Crippen molar-refractivity contribution in [2.24, 2.45) is 0 Å². The van der Waals surface area contributed by atoms with Gasteiger partial charge >= 0.3 is 0 Å². The number of carbonyl (C=O) groups excluding carboxylic acids is 1. The molecule has 0 bridgehead atoms. The molecule has 30 heavy (non-hydrogen) atoms. The fourth-order valence-electron chi connectivity index (χ4n) is 3.15. The van der Waals surface area contributed by atoms with E-state index in [9.17, 15) is 4.79 Å². The van der Waals surface area contributed by atoms with E-state index in [2.05, 4.69) is 4.98 Å². The summed E-state index contributed by atoms with van der Waals surface area (Å²) in [6, 6.07) is 21.2. The number of aromatic nitrogens is 1. The maximum atomic E-state index is 13.1. The maximum absolute atomic E-state index is 13.1. The number of aryl methyl sites for hydroxylation is 2. The van der Waals surface area contributed by atoms with Gasteiger partial charge in [-0.25, -0.2) is 4.98 Å². The van der Waals surface area contributed by atoms with Crippen LogP contribution < -0.4 is 9.64 Å². The van der Waals surface area contributed by atoms with Crippen LogP contribution in [0.4, 0.5) is 10.8 Å². The van der Waals surface area contributed by atoms with Crippen LogP contribution >= 0.6 is 11.3 Å². The summed E-state index contributed by atoms with van der Waals surface area (Å²) in [5, 5.41) is 2.63. The van der Waals surface area contributed by atoms with Crippen LogP contribution in [-0.4, -0.2) is 18.0 Å². The summed E-state index contributed by atoms with van der Waals surface area (Å²) in [5.74, 6) is 2.33. The van der Waals surface area contributed by atoms with E-state index in [1.807, 2.05) is 79.0 Å². The van der Waals surface area contributed by atoms with Gasteiger partial charge in [0.25, 0.3) is 0 Å². The van der Waals surface area contributed by atoms with Gasteiger partial charge in [-0.3, -0.25) is 9.69 Å². The molecule has 0 radical (unpaired) electrons. The lowest BCUT2D eigenvalue weighted by atomic mass is 10.2. The summed E-state index contributed by atoms with van der Waals surface area (Å²) >= 11 is 1.47. The number of hydrogen-bond acceptors (Lipinski definition) is 5. The number of methoxy groups -OCH3 is 1. The van der Waals surface area contributed by atoms with Crippen molar-refractivity contribution >= 4 is 28.1 Å². The topological polar surface area (TPSA) is 55.6 Å². The zero-order valence-electron chi connectivity index (χ0n) is 16.9. The summed E-state index contributed by atoms with van der Waals surface area (Å²) < 4.78 is 11.2. The molecule has 0 N–H and O–H groups in total. The van der Waals surface area contributed by atoms with Gasteiger partial charge in [0, 0.05) is 23.8 Å². The minimum Gasteiger partial charge on any atom is -0.497 e. The van der Waals surface area contributed by atoms with E-state index in [-0.39, 0.29) is 5.91 Å². The molecule has 4 aromatic rings. The fraction of sp³-hybridized carbons (Fsp3) is 0.167. The van der Waals surface area contributed by atoms with Crippen molar-refractivity contribution in [2.75, 3.05) is 12.0 Å². The standard InChI is InChI=1S/C24H22N2O3S/c1-17-16-30-24(25-17)26(19-6-4-3-5-7-19)23(27)15-13-21-12-14-22(29-21)18-8-10-20(28-2)11-9-18/h3-12,14,16H,13,15H2,1-2H3. The quantitative estimate of drug-likeness (QED) is 0.368. The van der Waals surface area contributed by atoms with Gasteiger partial charge in [-0.1, -0.05) is 18.2 Å². The first kappa shape index (κ1) is 19.9. The van der Waals surface area contributed by atoms with Gasteiger partial charge in [-0.2, -0.15) is 0 Å². The van der Waals surface area contributed by atoms with Gasteiger partial charge in [0.2, 0.25) is 5.91 Å². The lowest BCUT2D eigenvalue weighted by Crippen LogP contribution is -2.26. The fourth-order valence-corrected chi connectivity index (χ4v) is 3.99. The third-order valence-electron chi connectivity index (χ3n) is 4.68. The SMILES string of the molecule is COc1ccc(-c2ccc(CCC(=O)N(c3ccccc3)c3nc(C)cs3)o2)cc1. The molecule has 2 aromatic carbocycles. The van der Waals surface area contributed by atoms with Crippen molar-refractivity contribution in [3.8, 4) is 17.1 Å². The van der Waals surface area contributed by atoms with Crippen molar-refractivity contribution in [3.63, 3.8) is 0 Å². The second kappa shape index (κ2) is 8.97. The number of ether oxygens (including phenoxy) is 1. The molecule has 4 rings (SSSR count). The summed E-state index contributed by atoms with van der Waals surface area (Å²) in [4.78, 5) is 19.3. The molecule has 5 nitrogen and oxygen atoms in total. The first-order valence-corrected chi connectivity index (χ1v) is 10.6. The number of carbonyl (C=O) groups is 1. The van der Waals surface area contributed by atoms with Crippen molar-refractivity contribution in [2.45, 2.75) is 19.8 Å². The van der Waals surface area contributed by atoms with Gasteiger partial charge < -0.3 is 9.15 Å². The van der Waals surface area contributed by atoms with Gasteiger partial charge in [0.15, 0.2) is 5.13 Å². The Labute approximate surface area is 179 Å². The van der Waals surface area contributed by atoms with Gasteiger partial charge in [-0.15, -0.1) is 11.3 Å². The zero-order valence-corrected chi connectivity index (χ0v) is 17.7. The normalized spacial score (nSPS) is 10.7. The number of rotatable bonds is 7. The summed E-state index contributed by atoms with van der Waals surface area (Å²) in [6.07, 6.45) is 0.839. The minimum atomic E-state index is -0.0158. The predicted molar refractivity (Wildman–Crippen MR) is 119 cm³/mol. The Morgan fingerprint density at radius 2 is 1.83 bits per heavy atom. The molecule has 2 heterocycles. The molecule has 0 fully saturated rings. The van der Waals surface area contributed by atoms with Crippen LogP contribution in [0.3, 0.4) is 0 Å². The molecular formula is C24H22N2O3S. The highest BCUT2D eigenvalue weighted by Gasteiger charge is 2.21. The van der Waals surface area contributed by atoms with E-state index in [1.54, 1.807) is 12.0 Å². The molecule has 0 saturated heterocycles. The Balaban J connectivity index is 1.48. The van der Waals surface area contributed by atoms with E-state index in [0.717, 1.165) is 34.2 Å². The number of thiazole rings is 1. The van der Waals surface area contributed by atoms with Crippen molar-refractivity contribution in [3.05, 3.63) is 83.6 Å². The number of para-hydroxylation sites is 1. The van der Waals surface area contributed by atoms with E-state index in [0.29, 0.717) is 18.0 Å². The lowest BCUT2D eigenvalue weighted by molar-refractivity contribution is -0.117. The number of nitrogens with zero attached hydrogens (tertiary/aromatic N) is 2. The van der Waals surface area contributed by atoms with Crippen LogP contribution in [0.1, 0.15) is 17.9 Å². The van der Waals surface area contributed by atoms with Gasteiger partial charge in [0.05, 0.1) is 18.5 Å². The Morgan fingerprint density at radius 1 is 1.07 bits per heavy atom. The van der Waals surface area contributed by atoms with Crippen LogP contribution in [0.25, 0.3) is 11.3 Å². The number of furan rings is 1. The maximum Gasteiger partial charge on any atom is 0.233 e. The molecule has 0 atom stereocenters. The molecule has 0 unspecified atom stereocenters. The first-order chi connectivity index (χ1) is 14.6. The Hall–Kier alpha value is -3.38. The number of amides is 1. The summed E-state index contributed by atoms with van der Waals surface area (Å²) in [5.41, 5.74) is 2.69. The third-order valence-corrected chi connectivity index (χ3v) is 5.63. The van der Waals surface area contributed by atoms with Gasteiger partial charge in [-0.05, 0) is 55.5 Å². The summed E-state index contributed by atoms with van der Waals surface area (Å²) in [6.45, 7) is 1.93. The Morgan fingerprint density at radius 3 is 2.50 bits per heavy atom. The average molecular weight is 419 g/mol. The second-order valence-corrected chi connectivity index (χ2v) is 7.67. The highest BCUT2D eigenvalue weighted by atomic mass is 32.1. The second-order valence-electron chi connectivity index (χ2n) is 6.83. The molecule has 0 saturated carbocycles. The van der Waals surface area contributed by atoms with Crippen LogP contribution in [0.15, 0.2) is 76.5 Å². The highest BCUT2D eigenvalue weighted by Crippen LogP contribution is 2.30. The molecule has 152 valence electrons. The molecular weight excluding hydrogens is 396 g/mol. The van der Waals surface area contributed by atoms with Crippen LogP contribution in [0.2, 0.25) is 0 Å². The molecule has 1 amide bonds. The smallest absolute Gasteiger partial charge is 0.233 e. The number of benzene rings is 2. The predicted octanol–water partition coefficient (Wildman–Crippen LogP) is 6.02. The summed E-state index contributed by atoms with van der Waals surface area (Å²) in [7, 11) is 1.64. The van der Waals surface area contributed by atoms with Crippen LogP contribution in [0.5, 0.6) is 5.75 Å². The first-order valence-electron chi connectivity index (χ1n) is 9.67. The zero-order chi connectivity index (χ0) is 20.9. The Bertz CT molecular complexity index is 1120. The molecule has 2 aromatic heterocycles. The number of hydrogen-bond donors (Lipinski definition) is 0. The van der Waals surface area contributed by atoms with E-state index in [1.165, 1.54) is 11.3 Å². The van der Waals surface area contributed by atoms with Crippen molar-refractivity contribution in [1.29, 1.82) is 0 Å². The van der Waals surface area contributed by atoms with E-state index >= 15 is 0 Å². The monoisotopic (exact) mass is 418 g/mol. The van der Waals surface area contributed by atoms with Crippen LogP contribution in [-0.2, 0) is 11.2 Å². The molecule has 0 spiro atoms. The van der Waals surface area contributed by atoms with Crippen LogP contribution in [0, 0.1) is 6.92 Å².